The summed E-state index contributed by atoms with van der Waals surface area (Å²) in [7, 11) is -3.66. The number of hydrogen-bond acceptors (Lipinski definition) is 5. The third-order valence-corrected chi connectivity index (χ3v) is 3.77. The van der Waals surface area contributed by atoms with Gasteiger partial charge in [-0.3, -0.25) is 0 Å². The van der Waals surface area contributed by atoms with Crippen molar-refractivity contribution in [2.45, 2.75) is 32.0 Å². The second-order valence-corrected chi connectivity index (χ2v) is 6.27. The minimum absolute atomic E-state index is 0.190. The second-order valence-electron chi connectivity index (χ2n) is 4.57. The van der Waals surface area contributed by atoms with Crippen molar-refractivity contribution >= 4 is 10.0 Å². The highest BCUT2D eigenvalue weighted by atomic mass is 32.2. The molecule has 1 heterocycles. The lowest BCUT2D eigenvalue weighted by Gasteiger charge is -2.07. The Hall–Kier alpha value is -0.890. The zero-order chi connectivity index (χ0) is 14.3. The van der Waals surface area contributed by atoms with Crippen molar-refractivity contribution in [2.24, 2.45) is 5.92 Å². The van der Waals surface area contributed by atoms with Crippen LogP contribution in [0.15, 0.2) is 21.6 Å². The second kappa shape index (κ2) is 7.64. The zero-order valence-electron chi connectivity index (χ0n) is 11.3. The number of aliphatic hydroxyl groups is 1. The fraction of sp³-hybridized carbons (Fsp3) is 0.667. The van der Waals surface area contributed by atoms with Gasteiger partial charge >= 0.3 is 0 Å². The molecule has 0 aromatic carbocycles. The molecular weight excluding hydrogens is 270 g/mol. The highest BCUT2D eigenvalue weighted by Gasteiger charge is 2.17. The van der Waals surface area contributed by atoms with E-state index in [4.69, 9.17) is 14.3 Å². The van der Waals surface area contributed by atoms with Gasteiger partial charge in [-0.1, -0.05) is 13.8 Å². The predicted molar refractivity (Wildman–Crippen MR) is 70.1 cm³/mol. The van der Waals surface area contributed by atoms with Crippen molar-refractivity contribution in [1.29, 1.82) is 0 Å². The molecular formula is C12H21NO5S. The molecule has 0 aliphatic carbocycles. The number of ether oxygens (including phenoxy) is 1. The van der Waals surface area contributed by atoms with Gasteiger partial charge in [-0.2, -0.15) is 0 Å². The van der Waals surface area contributed by atoms with Crippen LogP contribution in [-0.4, -0.2) is 33.3 Å². The fourth-order valence-corrected chi connectivity index (χ4v) is 2.29. The van der Waals surface area contributed by atoms with Crippen LogP contribution in [0.25, 0.3) is 0 Å². The van der Waals surface area contributed by atoms with Gasteiger partial charge in [0.1, 0.15) is 12.4 Å². The average Bonchev–Trinajstić information content (AvgIpc) is 2.82. The zero-order valence-corrected chi connectivity index (χ0v) is 12.1. The fourth-order valence-electron chi connectivity index (χ4n) is 1.33. The van der Waals surface area contributed by atoms with Crippen LogP contribution in [0.1, 0.15) is 26.0 Å². The SMILES string of the molecule is CC(C)CCOCCNS(=O)(=O)c1ccc(CO)o1. The maximum atomic E-state index is 11.8. The van der Waals surface area contributed by atoms with Crippen LogP contribution in [0, 0.1) is 5.92 Å². The monoisotopic (exact) mass is 291 g/mol. The van der Waals surface area contributed by atoms with Crippen LogP contribution in [0.3, 0.4) is 0 Å². The number of furan rings is 1. The van der Waals surface area contributed by atoms with Crippen LogP contribution in [0.2, 0.25) is 0 Å². The minimum atomic E-state index is -3.66. The van der Waals surface area contributed by atoms with Crippen molar-refractivity contribution in [3.63, 3.8) is 0 Å². The highest BCUT2D eigenvalue weighted by molar-refractivity contribution is 7.89. The van der Waals surface area contributed by atoms with E-state index in [9.17, 15) is 8.42 Å². The Morgan fingerprint density at radius 2 is 2.11 bits per heavy atom. The van der Waals surface area contributed by atoms with Gasteiger partial charge in [0.05, 0.1) is 6.61 Å². The summed E-state index contributed by atoms with van der Waals surface area (Å²) in [4.78, 5) is 0. The van der Waals surface area contributed by atoms with E-state index in [-0.39, 0.29) is 24.0 Å². The van der Waals surface area contributed by atoms with E-state index in [0.717, 1.165) is 6.42 Å². The molecule has 7 heteroatoms. The number of rotatable bonds is 9. The number of hydrogen-bond donors (Lipinski definition) is 2. The van der Waals surface area contributed by atoms with Crippen molar-refractivity contribution in [2.75, 3.05) is 19.8 Å². The first-order valence-corrected chi connectivity index (χ1v) is 7.71. The summed E-state index contributed by atoms with van der Waals surface area (Å²) in [5.74, 6) is 0.783. The lowest BCUT2D eigenvalue weighted by atomic mass is 10.1. The van der Waals surface area contributed by atoms with E-state index >= 15 is 0 Å². The quantitative estimate of drug-likeness (QED) is 0.665. The van der Waals surface area contributed by atoms with E-state index < -0.39 is 10.0 Å². The summed E-state index contributed by atoms with van der Waals surface area (Å²) in [6, 6.07) is 2.74. The molecule has 0 fully saturated rings. The van der Waals surface area contributed by atoms with Crippen molar-refractivity contribution in [3.8, 4) is 0 Å². The van der Waals surface area contributed by atoms with Gasteiger partial charge in [0.2, 0.25) is 5.09 Å². The highest BCUT2D eigenvalue weighted by Crippen LogP contribution is 2.13. The van der Waals surface area contributed by atoms with Gasteiger partial charge < -0.3 is 14.3 Å². The van der Waals surface area contributed by atoms with Gasteiger partial charge in [0.15, 0.2) is 0 Å². The Bertz CT molecular complexity index is 466. The molecule has 1 rings (SSSR count). The summed E-state index contributed by atoms with van der Waals surface area (Å²) in [5.41, 5.74) is 0. The molecule has 0 bridgehead atoms. The average molecular weight is 291 g/mol. The molecule has 0 radical (unpaired) electrons. The maximum absolute atomic E-state index is 11.8. The van der Waals surface area contributed by atoms with Crippen molar-refractivity contribution in [3.05, 3.63) is 17.9 Å². The molecule has 6 nitrogen and oxygen atoms in total. The molecule has 1 aromatic rings. The van der Waals surface area contributed by atoms with Crippen LogP contribution in [-0.2, 0) is 21.4 Å². The molecule has 1 aromatic heterocycles. The summed E-state index contributed by atoms with van der Waals surface area (Å²) >= 11 is 0. The summed E-state index contributed by atoms with van der Waals surface area (Å²) < 4.78 is 36.2. The molecule has 0 aliphatic heterocycles. The normalized spacial score (nSPS) is 12.2. The van der Waals surface area contributed by atoms with E-state index in [0.29, 0.717) is 19.1 Å². The number of aliphatic hydroxyl groups excluding tert-OH is 1. The lowest BCUT2D eigenvalue weighted by molar-refractivity contribution is 0.128. The van der Waals surface area contributed by atoms with Crippen molar-refractivity contribution in [1.82, 2.24) is 4.72 Å². The molecule has 0 spiro atoms. The molecule has 19 heavy (non-hydrogen) atoms. The molecule has 0 saturated heterocycles. The molecule has 0 saturated carbocycles. The molecule has 0 amide bonds. The van der Waals surface area contributed by atoms with Gasteiger partial charge in [0, 0.05) is 13.2 Å². The third-order valence-electron chi connectivity index (χ3n) is 2.44. The largest absolute Gasteiger partial charge is 0.446 e. The summed E-state index contributed by atoms with van der Waals surface area (Å²) in [6.45, 7) is 5.00. The number of nitrogens with one attached hydrogen (secondary N) is 1. The van der Waals surface area contributed by atoms with Crippen LogP contribution < -0.4 is 4.72 Å². The van der Waals surface area contributed by atoms with E-state index in [1.807, 2.05) is 0 Å². The molecule has 0 aliphatic rings. The van der Waals surface area contributed by atoms with Crippen LogP contribution >= 0.6 is 0 Å². The van der Waals surface area contributed by atoms with Crippen molar-refractivity contribution < 1.29 is 22.7 Å². The molecule has 0 unspecified atom stereocenters. The van der Waals surface area contributed by atoms with Gasteiger partial charge in [0.25, 0.3) is 10.0 Å². The van der Waals surface area contributed by atoms with Gasteiger partial charge in [-0.05, 0) is 24.5 Å². The van der Waals surface area contributed by atoms with E-state index in [2.05, 4.69) is 18.6 Å². The first-order valence-electron chi connectivity index (χ1n) is 6.22. The Kier molecular flexibility index (Phi) is 6.50. The summed E-state index contributed by atoms with van der Waals surface area (Å²) in [6.07, 6.45) is 0.949. The first-order chi connectivity index (χ1) is 8.95. The van der Waals surface area contributed by atoms with Gasteiger partial charge in [-0.15, -0.1) is 0 Å². The summed E-state index contributed by atoms with van der Waals surface area (Å²) in [5, 5.41) is 8.61. The number of sulfonamides is 1. The third kappa shape index (κ3) is 5.73. The minimum Gasteiger partial charge on any atom is -0.446 e. The molecule has 110 valence electrons. The Morgan fingerprint density at radius 3 is 2.68 bits per heavy atom. The standard InChI is InChI=1S/C12H21NO5S/c1-10(2)5-7-17-8-6-13-19(15,16)12-4-3-11(9-14)18-12/h3-4,10,13-14H,5-9H2,1-2H3. The van der Waals surface area contributed by atoms with E-state index in [1.165, 1.54) is 12.1 Å². The smallest absolute Gasteiger partial charge is 0.274 e. The molecule has 0 atom stereocenters. The topological polar surface area (TPSA) is 88.8 Å². The Balaban J connectivity index is 2.31. The van der Waals surface area contributed by atoms with Crippen LogP contribution in [0.4, 0.5) is 0 Å². The van der Waals surface area contributed by atoms with Crippen LogP contribution in [0.5, 0.6) is 0 Å². The Morgan fingerprint density at radius 1 is 1.37 bits per heavy atom. The molecule has 2 N–H and O–H groups in total. The maximum Gasteiger partial charge on any atom is 0.274 e. The predicted octanol–water partition coefficient (Wildman–Crippen LogP) is 1.11. The van der Waals surface area contributed by atoms with Gasteiger partial charge in [-0.25, -0.2) is 13.1 Å². The first kappa shape index (κ1) is 16.2. The van der Waals surface area contributed by atoms with E-state index in [1.54, 1.807) is 0 Å². The Labute approximate surface area is 113 Å². The lowest BCUT2D eigenvalue weighted by Crippen LogP contribution is -2.27.